The van der Waals surface area contributed by atoms with Gasteiger partial charge in [-0.15, -0.1) is 0 Å². The second-order valence-electron chi connectivity index (χ2n) is 4.10. The van der Waals surface area contributed by atoms with Crippen LogP contribution in [0.2, 0.25) is 10.0 Å². The number of nitrogens with two attached hydrogens (primary N) is 1. The van der Waals surface area contributed by atoms with Crippen molar-refractivity contribution in [1.29, 1.82) is 0 Å². The summed E-state index contributed by atoms with van der Waals surface area (Å²) >= 11 is 18.2. The van der Waals surface area contributed by atoms with E-state index in [0.717, 1.165) is 17.0 Å². The van der Waals surface area contributed by atoms with Crippen molar-refractivity contribution in [2.75, 3.05) is 5.32 Å². The van der Waals surface area contributed by atoms with Gasteiger partial charge < -0.3 is 11.1 Å². The van der Waals surface area contributed by atoms with Gasteiger partial charge in [-0.1, -0.05) is 35.4 Å². The van der Waals surface area contributed by atoms with Gasteiger partial charge in [-0.2, -0.15) is 8.73 Å². The van der Waals surface area contributed by atoms with Gasteiger partial charge in [0.05, 0.1) is 44.7 Å². The zero-order chi connectivity index (χ0) is 15.0. The van der Waals surface area contributed by atoms with E-state index >= 15 is 0 Å². The van der Waals surface area contributed by atoms with Crippen LogP contribution in [-0.4, -0.2) is 9.97 Å². The first-order chi connectivity index (χ1) is 10.1. The summed E-state index contributed by atoms with van der Waals surface area (Å²) in [5.74, 6) is 0. The molecule has 9 heteroatoms. The number of hydrogen-bond donors (Lipinski definition) is 2. The van der Waals surface area contributed by atoms with Crippen LogP contribution < -0.4 is 11.1 Å². The summed E-state index contributed by atoms with van der Waals surface area (Å²) in [4.78, 5) is 4.41. The van der Waals surface area contributed by atoms with E-state index in [4.69, 9.17) is 41.2 Å². The maximum absolute atomic E-state index is 6.23. The Morgan fingerprint density at radius 3 is 2.62 bits per heavy atom. The second-order valence-corrected chi connectivity index (χ2v) is 5.88. The lowest BCUT2D eigenvalue weighted by Gasteiger charge is -2.12. The predicted octanol–water partition coefficient (Wildman–Crippen LogP) is 4.49. The number of aromatic nitrogens is 1. The molecule has 0 fully saturated rings. The molecule has 1 aromatic carbocycles. The highest BCUT2D eigenvalue weighted by molar-refractivity contribution is 7.80. The van der Waals surface area contributed by atoms with Crippen LogP contribution in [0.1, 0.15) is 5.69 Å². The minimum absolute atomic E-state index is 0.247. The summed E-state index contributed by atoms with van der Waals surface area (Å²) < 4.78 is 8.37. The zero-order valence-electron chi connectivity index (χ0n) is 10.3. The average Bonchev–Trinajstić information content (AvgIpc) is 2.93. The Morgan fingerprint density at radius 2 is 1.95 bits per heavy atom. The molecule has 0 radical (unpaired) electrons. The molecule has 1 aliphatic rings. The van der Waals surface area contributed by atoms with Crippen molar-refractivity contribution in [1.82, 2.24) is 4.98 Å². The van der Waals surface area contributed by atoms with Crippen LogP contribution in [-0.2, 0) is 11.4 Å². The van der Waals surface area contributed by atoms with E-state index in [1.165, 1.54) is 0 Å². The molecule has 3 rings (SSSR count). The van der Waals surface area contributed by atoms with Crippen molar-refractivity contribution < 1.29 is 0 Å². The number of fused-ring (bicyclic) bond motifs is 1. The van der Waals surface area contributed by atoms with Crippen LogP contribution in [0, 0.1) is 0 Å². The van der Waals surface area contributed by atoms with Gasteiger partial charge in [-0.3, -0.25) is 4.98 Å². The highest BCUT2D eigenvalue weighted by Crippen LogP contribution is 2.48. The Bertz CT molecular complexity index is 813. The molecular formula is C12H7Cl2N5S2. The van der Waals surface area contributed by atoms with Crippen molar-refractivity contribution in [3.8, 4) is 0 Å². The van der Waals surface area contributed by atoms with Gasteiger partial charge >= 0.3 is 0 Å². The standard InChI is InChI=1S/C12H7Cl2N5S2/c13-6-3-7(14)10-11(19-21-18-10)9(6)17-5-1-2-8(12(15)20)16-4-5/h1-4,17H,(H2,15,20). The second kappa shape index (κ2) is 5.69. The van der Waals surface area contributed by atoms with Crippen molar-refractivity contribution in [3.63, 3.8) is 0 Å². The predicted molar refractivity (Wildman–Crippen MR) is 91.4 cm³/mol. The van der Waals surface area contributed by atoms with Crippen LogP contribution in [0.4, 0.5) is 22.7 Å². The third kappa shape index (κ3) is 2.77. The molecule has 1 aliphatic heterocycles. The number of hydrogen-bond acceptors (Lipinski definition) is 5. The molecule has 3 N–H and O–H groups in total. The maximum atomic E-state index is 6.23. The fourth-order valence-electron chi connectivity index (χ4n) is 1.75. The van der Waals surface area contributed by atoms with Crippen LogP contribution in [0.15, 0.2) is 33.1 Å². The Labute approximate surface area is 139 Å². The number of nitrogens with one attached hydrogen (secondary N) is 1. The SMILES string of the molecule is NC(=S)c1ccc(Nc2c(Cl)cc(Cl)c3c2N=S=N3)cn1. The molecule has 2 aromatic rings. The number of pyridine rings is 1. The van der Waals surface area contributed by atoms with Gasteiger partial charge in [0.1, 0.15) is 16.4 Å². The van der Waals surface area contributed by atoms with Gasteiger partial charge in [0.25, 0.3) is 0 Å². The van der Waals surface area contributed by atoms with Gasteiger partial charge in [-0.25, -0.2) is 0 Å². The summed E-state index contributed by atoms with van der Waals surface area (Å²) in [6.45, 7) is 0. The van der Waals surface area contributed by atoms with E-state index < -0.39 is 0 Å². The largest absolute Gasteiger partial charge is 0.388 e. The summed E-state index contributed by atoms with van der Waals surface area (Å²) in [5, 5.41) is 4.09. The van der Waals surface area contributed by atoms with Crippen molar-refractivity contribution in [3.05, 3.63) is 40.1 Å². The third-order valence-electron chi connectivity index (χ3n) is 2.73. The number of anilines is 2. The molecule has 0 spiro atoms. The Balaban J connectivity index is 1.98. The van der Waals surface area contributed by atoms with E-state index in [2.05, 4.69) is 19.0 Å². The summed E-state index contributed by atoms with van der Waals surface area (Å²) in [5.41, 5.74) is 8.67. The average molecular weight is 356 g/mol. The summed E-state index contributed by atoms with van der Waals surface area (Å²) in [7, 11) is 0. The lowest BCUT2D eigenvalue weighted by molar-refractivity contribution is 1.29. The number of halogens is 2. The van der Waals surface area contributed by atoms with E-state index in [9.17, 15) is 0 Å². The quantitative estimate of drug-likeness (QED) is 0.678. The molecule has 21 heavy (non-hydrogen) atoms. The fourth-order valence-corrected chi connectivity index (χ4v) is 3.03. The van der Waals surface area contributed by atoms with Gasteiger partial charge in [0, 0.05) is 0 Å². The molecule has 0 saturated carbocycles. The summed E-state index contributed by atoms with van der Waals surface area (Å²) in [6, 6.07) is 5.16. The maximum Gasteiger partial charge on any atom is 0.131 e. The first-order valence-electron chi connectivity index (χ1n) is 5.69. The Morgan fingerprint density at radius 1 is 1.19 bits per heavy atom. The monoisotopic (exact) mass is 355 g/mol. The molecule has 0 aliphatic carbocycles. The number of benzene rings is 1. The lowest BCUT2D eigenvalue weighted by Crippen LogP contribution is -2.11. The van der Waals surface area contributed by atoms with Crippen LogP contribution in [0.3, 0.4) is 0 Å². The van der Waals surface area contributed by atoms with E-state index in [1.54, 1.807) is 24.4 Å². The molecule has 0 bridgehead atoms. The molecule has 0 unspecified atom stereocenters. The molecule has 106 valence electrons. The first-order valence-corrected chi connectivity index (χ1v) is 7.59. The molecule has 1 aromatic heterocycles. The molecule has 0 amide bonds. The zero-order valence-corrected chi connectivity index (χ0v) is 13.4. The van der Waals surface area contributed by atoms with Crippen LogP contribution in [0.5, 0.6) is 0 Å². The number of nitrogens with zero attached hydrogens (tertiary/aromatic N) is 3. The summed E-state index contributed by atoms with van der Waals surface area (Å²) in [6.07, 6.45) is 1.62. The van der Waals surface area contributed by atoms with E-state index in [1.807, 2.05) is 0 Å². The van der Waals surface area contributed by atoms with Crippen molar-refractivity contribution in [2.24, 2.45) is 14.5 Å². The highest BCUT2D eigenvalue weighted by atomic mass is 35.5. The Kier molecular flexibility index (Phi) is 3.90. The molecule has 5 nitrogen and oxygen atoms in total. The van der Waals surface area contributed by atoms with Crippen molar-refractivity contribution >= 4 is 74.5 Å². The smallest absolute Gasteiger partial charge is 0.131 e. The van der Waals surface area contributed by atoms with E-state index in [-0.39, 0.29) is 4.99 Å². The molecule has 2 heterocycles. The number of thiocarbonyl (C=S) groups is 1. The van der Waals surface area contributed by atoms with E-state index in [0.29, 0.717) is 32.8 Å². The third-order valence-corrected chi connectivity index (χ3v) is 4.05. The lowest BCUT2D eigenvalue weighted by atomic mass is 10.2. The van der Waals surface area contributed by atoms with Crippen LogP contribution >= 0.6 is 35.4 Å². The van der Waals surface area contributed by atoms with Crippen LogP contribution in [0.25, 0.3) is 0 Å². The fraction of sp³-hybridized carbons (Fsp3) is 0. The molecule has 0 saturated heterocycles. The minimum atomic E-state index is 0.247. The normalized spacial score (nSPS) is 11.9. The molecular weight excluding hydrogens is 349 g/mol. The number of rotatable bonds is 3. The first kappa shape index (κ1) is 14.4. The minimum Gasteiger partial charge on any atom is -0.388 e. The highest BCUT2D eigenvalue weighted by Gasteiger charge is 2.18. The molecule has 0 atom stereocenters. The van der Waals surface area contributed by atoms with Gasteiger partial charge in [0.2, 0.25) is 0 Å². The van der Waals surface area contributed by atoms with Gasteiger partial charge in [-0.05, 0) is 18.2 Å². The van der Waals surface area contributed by atoms with Gasteiger partial charge in [0.15, 0.2) is 0 Å². The van der Waals surface area contributed by atoms with Crippen molar-refractivity contribution in [2.45, 2.75) is 0 Å². The Hall–Kier alpha value is -1.54. The topological polar surface area (TPSA) is 75.7 Å².